The molecule has 218 valence electrons. The van der Waals surface area contributed by atoms with Gasteiger partial charge in [0.1, 0.15) is 5.75 Å². The number of carbonyl (C=O) groups excluding carboxylic acids is 1. The smallest absolute Gasteiger partial charge is 0.319 e. The van der Waals surface area contributed by atoms with Gasteiger partial charge in [0.15, 0.2) is 0 Å². The number of benzene rings is 2. The van der Waals surface area contributed by atoms with Gasteiger partial charge in [-0.1, -0.05) is 24.3 Å². The van der Waals surface area contributed by atoms with Gasteiger partial charge in [0, 0.05) is 55.6 Å². The predicted octanol–water partition coefficient (Wildman–Crippen LogP) is 6.26. The number of urea groups is 1. The van der Waals surface area contributed by atoms with E-state index in [2.05, 4.69) is 67.2 Å². The van der Waals surface area contributed by atoms with Crippen molar-refractivity contribution in [2.45, 2.75) is 50.9 Å². The van der Waals surface area contributed by atoms with Gasteiger partial charge in [0.05, 0.1) is 7.11 Å². The summed E-state index contributed by atoms with van der Waals surface area (Å²) in [5.74, 6) is 0.800. The molecule has 3 N–H and O–H groups in total. The Kier molecular flexibility index (Phi) is 10.5. The first-order valence-corrected chi connectivity index (χ1v) is 14.7. The van der Waals surface area contributed by atoms with Gasteiger partial charge in [0.2, 0.25) is 0 Å². The lowest BCUT2D eigenvalue weighted by atomic mass is 10.1. The third-order valence-corrected chi connectivity index (χ3v) is 7.83. The van der Waals surface area contributed by atoms with Crippen molar-refractivity contribution in [3.8, 4) is 5.75 Å². The van der Waals surface area contributed by atoms with Crippen LogP contribution in [-0.2, 0) is 13.1 Å². The Morgan fingerprint density at radius 2 is 1.52 bits per heavy atom. The highest BCUT2D eigenvalue weighted by molar-refractivity contribution is 5.89. The van der Waals surface area contributed by atoms with E-state index in [4.69, 9.17) is 4.74 Å². The minimum atomic E-state index is -0.221. The van der Waals surface area contributed by atoms with Crippen molar-refractivity contribution in [3.05, 3.63) is 120 Å². The van der Waals surface area contributed by atoms with Gasteiger partial charge in [-0.05, 0) is 110 Å². The molecule has 8 heteroatoms. The molecule has 2 unspecified atom stereocenters. The molecule has 2 aromatic carbocycles. The average molecular weight is 565 g/mol. The van der Waals surface area contributed by atoms with Crippen molar-refractivity contribution < 1.29 is 9.53 Å². The molecule has 2 aliphatic rings. The van der Waals surface area contributed by atoms with Crippen LogP contribution in [0, 0.1) is 0 Å². The first kappa shape index (κ1) is 29.2. The molecule has 8 nitrogen and oxygen atoms in total. The first-order valence-electron chi connectivity index (χ1n) is 14.7. The number of rotatable bonds is 8. The minimum absolute atomic E-state index is 0.221. The van der Waals surface area contributed by atoms with E-state index in [-0.39, 0.29) is 6.03 Å². The molecule has 2 amide bonds. The highest BCUT2D eigenvalue weighted by atomic mass is 16.5. The monoisotopic (exact) mass is 564 g/mol. The third-order valence-electron chi connectivity index (χ3n) is 7.83. The minimum Gasteiger partial charge on any atom is -0.497 e. The number of amides is 2. The second-order valence-electron chi connectivity index (χ2n) is 10.7. The maximum Gasteiger partial charge on any atom is 0.319 e. The Balaban J connectivity index is 0.000000267. The van der Waals surface area contributed by atoms with Crippen molar-refractivity contribution in [2.24, 2.45) is 0 Å². The Morgan fingerprint density at radius 3 is 2.17 bits per heavy atom. The van der Waals surface area contributed by atoms with Gasteiger partial charge in [0.25, 0.3) is 0 Å². The van der Waals surface area contributed by atoms with Crippen molar-refractivity contribution >= 4 is 11.7 Å². The largest absolute Gasteiger partial charge is 0.497 e. The van der Waals surface area contributed by atoms with Crippen LogP contribution in [0.2, 0.25) is 0 Å². The molecule has 0 aliphatic carbocycles. The van der Waals surface area contributed by atoms with Crippen LogP contribution in [0.4, 0.5) is 10.5 Å². The number of anilines is 1. The molecule has 2 fully saturated rings. The highest BCUT2D eigenvalue weighted by Crippen LogP contribution is 2.33. The SMILES string of the molecule is COc1ccc(CNC(=O)Nc2ccc(CN3CCCC3c3ccncc3)cc2)cc1.c1cc(C2CCCN2)ccn1. The summed E-state index contributed by atoms with van der Waals surface area (Å²) in [6.45, 7) is 3.62. The number of ether oxygens (including phenoxy) is 1. The number of nitrogens with zero attached hydrogens (tertiary/aromatic N) is 3. The molecule has 0 spiro atoms. The van der Waals surface area contributed by atoms with Crippen LogP contribution >= 0.6 is 0 Å². The first-order chi connectivity index (χ1) is 20.7. The molecule has 0 saturated carbocycles. The summed E-state index contributed by atoms with van der Waals surface area (Å²) in [5.41, 5.74) is 5.74. The number of pyridine rings is 2. The second kappa shape index (κ2) is 15.1. The van der Waals surface area contributed by atoms with Gasteiger partial charge in [-0.15, -0.1) is 0 Å². The Labute approximate surface area is 248 Å². The van der Waals surface area contributed by atoms with Crippen LogP contribution in [0.25, 0.3) is 0 Å². The van der Waals surface area contributed by atoms with Crippen LogP contribution < -0.4 is 20.7 Å². The summed E-state index contributed by atoms with van der Waals surface area (Å²) in [5, 5.41) is 9.22. The number of likely N-dealkylation sites (tertiary alicyclic amines) is 1. The Hall–Kier alpha value is -4.27. The van der Waals surface area contributed by atoms with Gasteiger partial charge >= 0.3 is 6.03 Å². The summed E-state index contributed by atoms with van der Waals surface area (Å²) in [7, 11) is 1.64. The van der Waals surface area contributed by atoms with Gasteiger partial charge in [-0.2, -0.15) is 0 Å². The van der Waals surface area contributed by atoms with Gasteiger partial charge < -0.3 is 20.7 Å². The number of aromatic nitrogens is 2. The van der Waals surface area contributed by atoms with Crippen molar-refractivity contribution in [1.29, 1.82) is 0 Å². The van der Waals surface area contributed by atoms with Crippen molar-refractivity contribution in [2.75, 3.05) is 25.5 Å². The molecular weight excluding hydrogens is 524 g/mol. The van der Waals surface area contributed by atoms with Crippen LogP contribution in [0.3, 0.4) is 0 Å². The van der Waals surface area contributed by atoms with E-state index in [0.29, 0.717) is 18.6 Å². The van der Waals surface area contributed by atoms with Crippen LogP contribution in [0.1, 0.15) is 60.0 Å². The molecule has 2 atom stereocenters. The fraction of sp³-hybridized carbons (Fsp3) is 0.324. The molecule has 2 aliphatic heterocycles. The van der Waals surface area contributed by atoms with Crippen LogP contribution in [0.5, 0.6) is 5.75 Å². The maximum absolute atomic E-state index is 12.2. The topological polar surface area (TPSA) is 91.4 Å². The number of hydrogen-bond acceptors (Lipinski definition) is 6. The molecule has 2 aromatic heterocycles. The molecule has 0 radical (unpaired) electrons. The average Bonchev–Trinajstić information content (AvgIpc) is 3.76. The zero-order valence-corrected chi connectivity index (χ0v) is 24.2. The molecule has 4 heterocycles. The lowest BCUT2D eigenvalue weighted by Gasteiger charge is -2.25. The van der Waals surface area contributed by atoms with Gasteiger partial charge in [-0.3, -0.25) is 14.9 Å². The number of nitrogens with one attached hydrogen (secondary N) is 3. The number of methoxy groups -OCH3 is 1. The van der Waals surface area contributed by atoms with Crippen molar-refractivity contribution in [1.82, 2.24) is 25.5 Å². The molecule has 2 saturated heterocycles. The van der Waals surface area contributed by atoms with Crippen molar-refractivity contribution in [3.63, 3.8) is 0 Å². The zero-order chi connectivity index (χ0) is 29.0. The summed E-state index contributed by atoms with van der Waals surface area (Å²) in [4.78, 5) is 22.8. The fourth-order valence-corrected chi connectivity index (χ4v) is 5.57. The maximum atomic E-state index is 12.2. The van der Waals surface area contributed by atoms with Crippen LogP contribution in [0.15, 0.2) is 97.6 Å². The fourth-order valence-electron chi connectivity index (χ4n) is 5.57. The third kappa shape index (κ3) is 8.38. The summed E-state index contributed by atoms with van der Waals surface area (Å²) < 4.78 is 5.15. The summed E-state index contributed by atoms with van der Waals surface area (Å²) >= 11 is 0. The van der Waals surface area contributed by atoms with E-state index in [9.17, 15) is 4.79 Å². The zero-order valence-electron chi connectivity index (χ0n) is 24.2. The van der Waals surface area contributed by atoms with E-state index in [1.54, 1.807) is 7.11 Å². The van der Waals surface area contributed by atoms with E-state index >= 15 is 0 Å². The quantitative estimate of drug-likeness (QED) is 0.234. The molecule has 0 bridgehead atoms. The van der Waals surface area contributed by atoms with Crippen LogP contribution in [-0.4, -0.2) is 41.1 Å². The standard InChI is InChI=1S/C25H28N4O2.C9H12N2/c1-31-23-10-6-19(7-11-23)17-27-25(30)28-22-8-4-20(5-9-22)18-29-16-2-3-24(29)21-12-14-26-15-13-21;1-2-9(11-5-1)8-3-6-10-7-4-8/h4-15,24H,2-3,16-18H2,1H3,(H2,27,28,30);3-4,6-7,9,11H,1-2,5H2. The normalized spacial score (nSPS) is 18.1. The Bertz CT molecular complexity index is 1360. The summed E-state index contributed by atoms with van der Waals surface area (Å²) in [6, 6.07) is 24.9. The number of hydrogen-bond donors (Lipinski definition) is 3. The predicted molar refractivity (Wildman–Crippen MR) is 166 cm³/mol. The summed E-state index contributed by atoms with van der Waals surface area (Å²) in [6.07, 6.45) is 12.4. The van der Waals surface area contributed by atoms with E-state index < -0.39 is 0 Å². The number of carbonyl (C=O) groups is 1. The Morgan fingerprint density at radius 1 is 0.857 bits per heavy atom. The van der Waals surface area contributed by atoms with Gasteiger partial charge in [-0.25, -0.2) is 4.79 Å². The lowest BCUT2D eigenvalue weighted by Crippen LogP contribution is -2.28. The van der Waals surface area contributed by atoms with E-state index in [1.807, 2.05) is 61.2 Å². The highest BCUT2D eigenvalue weighted by Gasteiger charge is 2.25. The molecule has 6 rings (SSSR count). The lowest BCUT2D eigenvalue weighted by molar-refractivity contribution is 0.248. The van der Waals surface area contributed by atoms with E-state index in [0.717, 1.165) is 36.6 Å². The molecule has 4 aromatic rings. The van der Waals surface area contributed by atoms with E-state index in [1.165, 1.54) is 42.4 Å². The second-order valence-corrected chi connectivity index (χ2v) is 10.7. The molecular formula is C34H40N6O2. The molecule has 42 heavy (non-hydrogen) atoms.